The summed E-state index contributed by atoms with van der Waals surface area (Å²) in [5.74, 6) is 2.17. The maximum Gasteiger partial charge on any atom is 0.340 e. The number of aliphatic hydroxyl groups is 1. The molecule has 40 heavy (non-hydrogen) atoms. The molecule has 2 N–H and O–H groups in total. The molecule has 8 rings (SSSR count). The Bertz CT molecular complexity index is 1650. The first-order chi connectivity index (χ1) is 19.4. The summed E-state index contributed by atoms with van der Waals surface area (Å²) in [4.78, 5) is 30.7. The number of fused-ring (bicyclic) bond motifs is 8. The van der Waals surface area contributed by atoms with Crippen LogP contribution in [0.25, 0.3) is 22.3 Å². The fraction of sp³-hybridized carbons (Fsp3) is 0.516. The Morgan fingerprint density at radius 3 is 2.83 bits per heavy atom. The smallest absolute Gasteiger partial charge is 0.340 e. The standard InChI is InChI=1S/C31H33N3O6/c1-2-16-6-17-4-3-5-31(10-16,11-17)32-12-20-18-8-25-26(40-15-39-25)9-23(18)33-27-21(20)13-34-24(27)7-19-22(29(34)36)14-38-30(37)28(19)35/h7-9,16-17,28,32,35H,2-6,10-15H2,1H3. The highest BCUT2D eigenvalue weighted by Crippen LogP contribution is 2.47. The van der Waals surface area contributed by atoms with Crippen LogP contribution in [0.1, 0.15) is 80.2 Å². The number of aromatic nitrogens is 2. The lowest BCUT2D eigenvalue weighted by Gasteiger charge is -2.49. The molecule has 5 aliphatic rings. The summed E-state index contributed by atoms with van der Waals surface area (Å²) in [6.45, 7) is 3.41. The first-order valence-electron chi connectivity index (χ1n) is 14.5. The Balaban J connectivity index is 1.27. The molecule has 0 amide bonds. The lowest BCUT2D eigenvalue weighted by atomic mass is 9.63. The molecule has 208 valence electrons. The van der Waals surface area contributed by atoms with Crippen molar-refractivity contribution in [3.63, 3.8) is 0 Å². The van der Waals surface area contributed by atoms with Crippen LogP contribution in [0.15, 0.2) is 23.0 Å². The van der Waals surface area contributed by atoms with Crippen molar-refractivity contribution in [2.75, 3.05) is 6.79 Å². The zero-order chi connectivity index (χ0) is 27.2. The van der Waals surface area contributed by atoms with E-state index in [0.717, 1.165) is 33.9 Å². The Kier molecular flexibility index (Phi) is 5.35. The second-order valence-electron chi connectivity index (χ2n) is 12.3. The number of benzene rings is 1. The number of nitrogens with zero attached hydrogens (tertiary/aromatic N) is 2. The average Bonchev–Trinajstić information content (AvgIpc) is 3.56. The van der Waals surface area contributed by atoms with Gasteiger partial charge < -0.3 is 29.2 Å². The molecule has 1 aromatic carbocycles. The molecule has 4 unspecified atom stereocenters. The van der Waals surface area contributed by atoms with E-state index in [1.165, 1.54) is 44.9 Å². The summed E-state index contributed by atoms with van der Waals surface area (Å²) in [5.41, 5.74) is 4.73. The topological polar surface area (TPSA) is 112 Å². The third-order valence-corrected chi connectivity index (χ3v) is 10.1. The molecule has 2 bridgehead atoms. The van der Waals surface area contributed by atoms with Crippen molar-refractivity contribution in [1.29, 1.82) is 0 Å². The Morgan fingerprint density at radius 2 is 1.98 bits per heavy atom. The van der Waals surface area contributed by atoms with E-state index in [9.17, 15) is 14.7 Å². The fourth-order valence-corrected chi connectivity index (χ4v) is 8.10. The highest BCUT2D eigenvalue weighted by Gasteiger charge is 2.43. The second kappa shape index (κ2) is 8.78. The molecule has 2 aromatic heterocycles. The van der Waals surface area contributed by atoms with Gasteiger partial charge in [-0.25, -0.2) is 9.78 Å². The van der Waals surface area contributed by atoms with Crippen LogP contribution in [0.2, 0.25) is 0 Å². The van der Waals surface area contributed by atoms with Gasteiger partial charge in [0.2, 0.25) is 6.79 Å². The van der Waals surface area contributed by atoms with Gasteiger partial charge in [-0.2, -0.15) is 0 Å². The Labute approximate surface area is 231 Å². The van der Waals surface area contributed by atoms with Crippen LogP contribution in [0.3, 0.4) is 0 Å². The lowest BCUT2D eigenvalue weighted by molar-refractivity contribution is -0.157. The normalized spacial score (nSPS) is 27.8. The van der Waals surface area contributed by atoms with Gasteiger partial charge in [-0.05, 0) is 55.2 Å². The molecule has 3 aromatic rings. The van der Waals surface area contributed by atoms with E-state index in [4.69, 9.17) is 19.2 Å². The zero-order valence-corrected chi connectivity index (χ0v) is 22.6. The monoisotopic (exact) mass is 543 g/mol. The molecule has 3 aliphatic heterocycles. The van der Waals surface area contributed by atoms with Crippen molar-refractivity contribution in [2.24, 2.45) is 11.8 Å². The van der Waals surface area contributed by atoms with Gasteiger partial charge in [0.25, 0.3) is 5.56 Å². The number of nitrogens with one attached hydrogen (secondary N) is 1. The molecule has 2 saturated carbocycles. The minimum atomic E-state index is -1.47. The van der Waals surface area contributed by atoms with Gasteiger partial charge in [0.15, 0.2) is 17.6 Å². The van der Waals surface area contributed by atoms with E-state index < -0.39 is 12.1 Å². The van der Waals surface area contributed by atoms with Gasteiger partial charge in [0, 0.05) is 34.7 Å². The predicted molar refractivity (Wildman–Crippen MR) is 146 cm³/mol. The molecule has 5 heterocycles. The van der Waals surface area contributed by atoms with Gasteiger partial charge >= 0.3 is 5.97 Å². The molecule has 4 atom stereocenters. The Hall–Kier alpha value is -3.43. The van der Waals surface area contributed by atoms with E-state index in [-0.39, 0.29) is 24.5 Å². The number of rotatable bonds is 4. The molecule has 9 heteroatoms. The fourth-order valence-electron chi connectivity index (χ4n) is 8.10. The van der Waals surface area contributed by atoms with Crippen LogP contribution in [0.5, 0.6) is 11.5 Å². The number of hydrogen-bond acceptors (Lipinski definition) is 8. The van der Waals surface area contributed by atoms with Crippen LogP contribution >= 0.6 is 0 Å². The minimum Gasteiger partial charge on any atom is -0.458 e. The van der Waals surface area contributed by atoms with E-state index in [1.807, 2.05) is 12.1 Å². The van der Waals surface area contributed by atoms with E-state index in [1.54, 1.807) is 10.6 Å². The number of esters is 1. The number of carbonyl (C=O) groups is 1. The molecule has 0 saturated heterocycles. The number of aliphatic hydroxyl groups excluding tert-OH is 1. The Morgan fingerprint density at radius 1 is 1.12 bits per heavy atom. The number of hydrogen-bond donors (Lipinski definition) is 2. The maximum atomic E-state index is 13.6. The molecule has 9 nitrogen and oxygen atoms in total. The van der Waals surface area contributed by atoms with E-state index >= 15 is 0 Å². The number of cyclic esters (lactones) is 1. The summed E-state index contributed by atoms with van der Waals surface area (Å²) >= 11 is 0. The molecule has 2 fully saturated rings. The third kappa shape index (κ3) is 3.56. The van der Waals surface area contributed by atoms with Crippen LogP contribution in [0, 0.1) is 11.8 Å². The molecule has 0 spiro atoms. The summed E-state index contributed by atoms with van der Waals surface area (Å²) in [7, 11) is 0. The summed E-state index contributed by atoms with van der Waals surface area (Å²) in [6.07, 6.45) is 7.30. The molecular weight excluding hydrogens is 510 g/mol. The van der Waals surface area contributed by atoms with Gasteiger partial charge in [-0.1, -0.05) is 26.2 Å². The van der Waals surface area contributed by atoms with Crippen molar-refractivity contribution in [1.82, 2.24) is 14.9 Å². The van der Waals surface area contributed by atoms with Crippen molar-refractivity contribution in [2.45, 2.75) is 83.2 Å². The predicted octanol–water partition coefficient (Wildman–Crippen LogP) is 4.08. The summed E-state index contributed by atoms with van der Waals surface area (Å²) < 4.78 is 18.2. The van der Waals surface area contributed by atoms with Gasteiger partial charge in [-0.15, -0.1) is 0 Å². The van der Waals surface area contributed by atoms with Crippen LogP contribution in [-0.4, -0.2) is 33.0 Å². The van der Waals surface area contributed by atoms with Crippen LogP contribution in [-0.2, 0) is 29.2 Å². The lowest BCUT2D eigenvalue weighted by Crippen LogP contribution is -2.52. The molecular formula is C31H33N3O6. The largest absolute Gasteiger partial charge is 0.458 e. The van der Waals surface area contributed by atoms with E-state index in [2.05, 4.69) is 12.2 Å². The minimum absolute atomic E-state index is 0.129. The summed E-state index contributed by atoms with van der Waals surface area (Å²) in [5, 5.41) is 15.6. The molecule has 0 radical (unpaired) electrons. The molecule has 2 aliphatic carbocycles. The van der Waals surface area contributed by atoms with Crippen molar-refractivity contribution < 1.29 is 24.1 Å². The first kappa shape index (κ1) is 24.4. The van der Waals surface area contributed by atoms with Crippen LogP contribution in [0.4, 0.5) is 0 Å². The first-order valence-corrected chi connectivity index (χ1v) is 14.5. The summed E-state index contributed by atoms with van der Waals surface area (Å²) in [6, 6.07) is 5.68. The quantitative estimate of drug-likeness (QED) is 0.371. The van der Waals surface area contributed by atoms with Gasteiger partial charge in [-0.3, -0.25) is 4.79 Å². The number of pyridine rings is 2. The highest BCUT2D eigenvalue weighted by atomic mass is 16.7. The number of ether oxygens (including phenoxy) is 3. The van der Waals surface area contributed by atoms with Crippen molar-refractivity contribution >= 4 is 16.9 Å². The van der Waals surface area contributed by atoms with E-state index in [0.29, 0.717) is 47.1 Å². The second-order valence-corrected chi connectivity index (χ2v) is 12.3. The van der Waals surface area contributed by atoms with Gasteiger partial charge in [0.1, 0.15) is 6.61 Å². The zero-order valence-electron chi connectivity index (χ0n) is 22.6. The van der Waals surface area contributed by atoms with Gasteiger partial charge in [0.05, 0.1) is 29.0 Å². The highest BCUT2D eigenvalue weighted by molar-refractivity contribution is 5.91. The van der Waals surface area contributed by atoms with Crippen molar-refractivity contribution in [3.05, 3.63) is 50.8 Å². The van der Waals surface area contributed by atoms with Crippen molar-refractivity contribution in [3.8, 4) is 22.9 Å². The SMILES string of the molecule is CCC1CC2CCCC(NCc3c4c(nc5cc6c(cc35)OCO6)-c3cc5c(c(=O)n3C4)COC(=O)C5O)(C1)C2. The maximum absolute atomic E-state index is 13.6. The number of carbonyl (C=O) groups excluding carboxylic acids is 1. The third-order valence-electron chi connectivity index (χ3n) is 10.1. The van der Waals surface area contributed by atoms with Crippen LogP contribution < -0.4 is 20.3 Å². The average molecular weight is 544 g/mol.